The summed E-state index contributed by atoms with van der Waals surface area (Å²) in [6.07, 6.45) is 0. The molecular weight excluding hydrogens is 711 g/mol. The fourth-order valence-corrected chi connectivity index (χ4v) is 10.5. The van der Waals surface area contributed by atoms with E-state index in [0.717, 1.165) is 33.7 Å². The number of nitrogens with zero attached hydrogens (tertiary/aromatic N) is 3. The van der Waals surface area contributed by atoms with Crippen molar-refractivity contribution in [2.75, 3.05) is 0 Å². The maximum Gasteiger partial charge on any atom is 0.162 e. The van der Waals surface area contributed by atoms with E-state index in [4.69, 9.17) is 9.97 Å². The molecule has 0 radical (unpaired) electrons. The molecule has 4 heteroatoms. The number of para-hydroxylation sites is 1. The first-order valence-corrected chi connectivity index (χ1v) is 20.3. The first-order chi connectivity index (χ1) is 28.0. The molecule has 11 rings (SSSR count). The molecule has 0 fully saturated rings. The van der Waals surface area contributed by atoms with Crippen LogP contribution in [0.2, 0.25) is 0 Å². The lowest BCUT2D eigenvalue weighted by atomic mass is 9.75. The van der Waals surface area contributed by atoms with Crippen molar-refractivity contribution in [3.05, 3.63) is 199 Å². The summed E-state index contributed by atoms with van der Waals surface area (Å²) in [5.41, 5.74) is 12.4. The average molecular weight is 748 g/mol. The molecule has 0 bridgehead atoms. The molecule has 0 amide bonds. The highest BCUT2D eigenvalue weighted by Gasteiger charge is 2.37. The van der Waals surface area contributed by atoms with Crippen molar-refractivity contribution in [2.45, 2.75) is 29.1 Å². The number of hydrogen-bond donors (Lipinski definition) is 0. The molecule has 3 heterocycles. The molecule has 1 aliphatic heterocycles. The van der Waals surface area contributed by atoms with Crippen molar-refractivity contribution >= 4 is 44.3 Å². The molecule has 57 heavy (non-hydrogen) atoms. The topological polar surface area (TPSA) is 30.7 Å². The Balaban J connectivity index is 1.20. The summed E-state index contributed by atoms with van der Waals surface area (Å²) in [5.74, 6) is 1.53. The Hall–Kier alpha value is -6.75. The Bertz CT molecular complexity index is 3040. The summed E-state index contributed by atoms with van der Waals surface area (Å²) in [7, 11) is 0. The van der Waals surface area contributed by atoms with Gasteiger partial charge in [-0.1, -0.05) is 195 Å². The van der Waals surface area contributed by atoms with Crippen LogP contribution in [0.5, 0.6) is 0 Å². The van der Waals surface area contributed by atoms with Crippen molar-refractivity contribution < 1.29 is 0 Å². The third-order valence-corrected chi connectivity index (χ3v) is 12.8. The molecule has 0 aliphatic carbocycles. The summed E-state index contributed by atoms with van der Waals surface area (Å²) in [5, 5.41) is 5.03. The van der Waals surface area contributed by atoms with Gasteiger partial charge in [0.2, 0.25) is 0 Å². The van der Waals surface area contributed by atoms with Gasteiger partial charge in [-0.05, 0) is 56.3 Å². The van der Waals surface area contributed by atoms with Gasteiger partial charge in [0, 0.05) is 43.2 Å². The van der Waals surface area contributed by atoms with Crippen LogP contribution >= 0.6 is 11.8 Å². The van der Waals surface area contributed by atoms with E-state index in [1.54, 1.807) is 0 Å². The zero-order valence-corrected chi connectivity index (χ0v) is 32.5. The predicted molar refractivity (Wildman–Crippen MR) is 238 cm³/mol. The van der Waals surface area contributed by atoms with E-state index in [2.05, 4.69) is 206 Å². The molecule has 10 aromatic rings. The first-order valence-electron chi connectivity index (χ1n) is 19.5. The molecule has 1 aliphatic rings. The van der Waals surface area contributed by atoms with Crippen molar-refractivity contribution in [3.8, 4) is 50.7 Å². The van der Waals surface area contributed by atoms with Gasteiger partial charge >= 0.3 is 0 Å². The van der Waals surface area contributed by atoms with Gasteiger partial charge in [0.1, 0.15) is 5.82 Å². The lowest BCUT2D eigenvalue weighted by Crippen LogP contribution is -2.24. The van der Waals surface area contributed by atoms with E-state index in [-0.39, 0.29) is 5.41 Å². The van der Waals surface area contributed by atoms with Crippen LogP contribution in [0.4, 0.5) is 0 Å². The normalized spacial score (nSPS) is 13.2. The first kappa shape index (κ1) is 33.6. The van der Waals surface area contributed by atoms with Crippen LogP contribution in [0.1, 0.15) is 25.0 Å². The van der Waals surface area contributed by atoms with Crippen LogP contribution in [0.15, 0.2) is 198 Å². The molecule has 0 saturated carbocycles. The molecule has 0 unspecified atom stereocenters. The zero-order valence-electron chi connectivity index (χ0n) is 31.6. The second kappa shape index (κ2) is 13.2. The van der Waals surface area contributed by atoms with Crippen LogP contribution < -0.4 is 0 Å². The van der Waals surface area contributed by atoms with Gasteiger partial charge in [0.25, 0.3) is 0 Å². The smallest absolute Gasteiger partial charge is 0.162 e. The lowest BCUT2D eigenvalue weighted by molar-refractivity contribution is 0.615. The van der Waals surface area contributed by atoms with E-state index in [0.29, 0.717) is 5.82 Å². The fraction of sp³-hybridized carbons (Fsp3) is 0.0566. The third-order valence-electron chi connectivity index (χ3n) is 11.7. The van der Waals surface area contributed by atoms with Crippen molar-refractivity contribution in [1.29, 1.82) is 0 Å². The van der Waals surface area contributed by atoms with Crippen LogP contribution in [-0.2, 0) is 5.41 Å². The Morgan fingerprint density at radius 3 is 1.68 bits per heavy atom. The maximum absolute atomic E-state index is 5.49. The van der Waals surface area contributed by atoms with E-state index >= 15 is 0 Å². The monoisotopic (exact) mass is 747 g/mol. The number of rotatable bonds is 5. The highest BCUT2D eigenvalue weighted by atomic mass is 32.2. The van der Waals surface area contributed by atoms with Crippen LogP contribution in [0.25, 0.3) is 83.3 Å². The van der Waals surface area contributed by atoms with E-state index in [1.807, 2.05) is 11.8 Å². The van der Waals surface area contributed by atoms with Crippen molar-refractivity contribution in [3.63, 3.8) is 0 Å². The molecule has 0 N–H and O–H groups in total. The largest absolute Gasteiger partial charge is 0.292 e. The molecule has 8 aromatic carbocycles. The van der Waals surface area contributed by atoms with Crippen LogP contribution in [0, 0.1) is 0 Å². The molecular formula is C53H37N3S. The van der Waals surface area contributed by atoms with E-state index < -0.39 is 0 Å². The summed E-state index contributed by atoms with van der Waals surface area (Å²) in [4.78, 5) is 13.4. The average Bonchev–Trinajstić information content (AvgIpc) is 3.63. The number of fused-ring (bicyclic) bond motifs is 9. The molecule has 270 valence electrons. The third kappa shape index (κ3) is 5.43. The Morgan fingerprint density at radius 2 is 1.00 bits per heavy atom. The number of hydrogen-bond acceptors (Lipinski definition) is 3. The molecule has 0 spiro atoms. The van der Waals surface area contributed by atoms with Crippen LogP contribution in [0.3, 0.4) is 0 Å². The van der Waals surface area contributed by atoms with Crippen molar-refractivity contribution in [1.82, 2.24) is 14.5 Å². The summed E-state index contributed by atoms with van der Waals surface area (Å²) in [6, 6.07) is 67.3. The summed E-state index contributed by atoms with van der Waals surface area (Å²) >= 11 is 1.89. The Morgan fingerprint density at radius 1 is 0.474 bits per heavy atom. The van der Waals surface area contributed by atoms with Gasteiger partial charge in [-0.3, -0.25) is 4.57 Å². The van der Waals surface area contributed by atoms with Gasteiger partial charge in [-0.25, -0.2) is 9.97 Å². The second-order valence-corrected chi connectivity index (χ2v) is 16.4. The Kier molecular flexibility index (Phi) is 7.77. The second-order valence-electron chi connectivity index (χ2n) is 15.4. The van der Waals surface area contributed by atoms with E-state index in [1.165, 1.54) is 64.7 Å². The minimum absolute atomic E-state index is 0.227. The number of aromatic nitrogens is 3. The maximum atomic E-state index is 5.49. The highest BCUT2D eigenvalue weighted by molar-refractivity contribution is 7.99. The zero-order chi connectivity index (χ0) is 38.1. The minimum atomic E-state index is -0.227. The Labute approximate surface area is 336 Å². The van der Waals surface area contributed by atoms with Gasteiger partial charge in [-0.2, -0.15) is 0 Å². The fourth-order valence-electron chi connectivity index (χ4n) is 8.89. The molecule has 2 aromatic heterocycles. The van der Waals surface area contributed by atoms with Gasteiger partial charge < -0.3 is 0 Å². The van der Waals surface area contributed by atoms with Gasteiger partial charge in [-0.15, -0.1) is 0 Å². The minimum Gasteiger partial charge on any atom is -0.292 e. The highest BCUT2D eigenvalue weighted by Crippen LogP contribution is 2.56. The molecule has 0 saturated heterocycles. The van der Waals surface area contributed by atoms with E-state index in [9.17, 15) is 0 Å². The van der Waals surface area contributed by atoms with Gasteiger partial charge in [0.15, 0.2) is 5.82 Å². The quantitative estimate of drug-likeness (QED) is 0.176. The molecule has 3 nitrogen and oxygen atoms in total. The standard InChI is InChI=1S/C53H37N3S/c1-53(2)43-22-12-14-24-46(43)57-51-49(53)41-20-10-9-19-40(41)48-42-21-11-13-23-45(42)56(50(48)51)47-33-44(38-29-25-36(26-30-38)34-15-5-3-6-16-34)54-52(55-47)39-31-27-37(28-32-39)35-17-7-4-8-18-35/h3-33H,1-2H3. The van der Waals surface area contributed by atoms with Gasteiger partial charge in [0.05, 0.1) is 16.7 Å². The lowest BCUT2D eigenvalue weighted by Gasteiger charge is -2.36. The summed E-state index contributed by atoms with van der Waals surface area (Å²) in [6.45, 7) is 4.77. The molecule has 0 atom stereocenters. The number of benzene rings is 8. The predicted octanol–water partition coefficient (Wildman–Crippen LogP) is 14.2. The summed E-state index contributed by atoms with van der Waals surface area (Å²) < 4.78 is 2.41. The SMILES string of the molecule is CC1(C)c2ccccc2Sc2c1c1ccccc1c1c3ccccc3n(-c3cc(-c4ccc(-c5ccccc5)cc4)nc(-c4ccc(-c5ccccc5)cc4)n3)c21. The van der Waals surface area contributed by atoms with Crippen molar-refractivity contribution in [2.24, 2.45) is 0 Å². The van der Waals surface area contributed by atoms with Crippen LogP contribution in [-0.4, -0.2) is 14.5 Å².